The molecule has 5 nitrogen and oxygen atoms in total. The minimum Gasteiger partial charge on any atom is -0.482 e. The lowest BCUT2D eigenvalue weighted by atomic mass is 10.0. The number of likely N-dealkylation sites (tertiary alicyclic amines) is 1. The molecule has 1 saturated heterocycles. The number of hydrogen-bond acceptors (Lipinski definition) is 3. The third kappa shape index (κ3) is 2.90. The summed E-state index contributed by atoms with van der Waals surface area (Å²) < 4.78 is 5.39. The molecule has 0 spiro atoms. The molecule has 2 amide bonds. The van der Waals surface area contributed by atoms with E-state index in [9.17, 15) is 9.59 Å². The second-order valence-electron chi connectivity index (χ2n) is 5.81. The lowest BCUT2D eigenvalue weighted by Crippen LogP contribution is -2.50. The van der Waals surface area contributed by atoms with Crippen molar-refractivity contribution in [2.24, 2.45) is 0 Å². The van der Waals surface area contributed by atoms with E-state index in [4.69, 9.17) is 16.3 Å². The van der Waals surface area contributed by atoms with Gasteiger partial charge in [-0.3, -0.25) is 14.5 Å². The molecule has 0 bridgehead atoms. The molecule has 118 valence electrons. The van der Waals surface area contributed by atoms with Gasteiger partial charge < -0.3 is 9.64 Å². The highest BCUT2D eigenvalue weighted by atomic mass is 35.5. The molecule has 0 aliphatic carbocycles. The number of hydrogen-bond donors (Lipinski definition) is 0. The first kappa shape index (κ1) is 15.2. The van der Waals surface area contributed by atoms with E-state index < -0.39 is 0 Å². The van der Waals surface area contributed by atoms with Gasteiger partial charge in [0.2, 0.25) is 5.91 Å². The topological polar surface area (TPSA) is 49.9 Å². The molecular formula is C16H19ClN2O3. The number of carbonyl (C=O) groups is 2. The number of carbonyl (C=O) groups excluding carboxylic acids is 2. The molecule has 2 heterocycles. The number of halogens is 1. The van der Waals surface area contributed by atoms with Crippen molar-refractivity contribution in [3.8, 4) is 5.75 Å². The summed E-state index contributed by atoms with van der Waals surface area (Å²) in [6.45, 7) is 2.82. The summed E-state index contributed by atoms with van der Waals surface area (Å²) >= 11 is 6.01. The summed E-state index contributed by atoms with van der Waals surface area (Å²) in [6.07, 6.45) is 3.20. The molecule has 0 N–H and O–H groups in total. The van der Waals surface area contributed by atoms with Gasteiger partial charge in [0.25, 0.3) is 5.91 Å². The van der Waals surface area contributed by atoms with Crippen molar-refractivity contribution in [3.63, 3.8) is 0 Å². The largest absolute Gasteiger partial charge is 0.482 e. The van der Waals surface area contributed by atoms with Crippen LogP contribution in [0.1, 0.15) is 26.2 Å². The quantitative estimate of drug-likeness (QED) is 0.840. The second-order valence-corrected chi connectivity index (χ2v) is 6.25. The van der Waals surface area contributed by atoms with Crippen LogP contribution >= 0.6 is 11.6 Å². The number of anilines is 1. The fourth-order valence-electron chi connectivity index (χ4n) is 3.04. The first-order valence-electron chi connectivity index (χ1n) is 7.58. The van der Waals surface area contributed by atoms with E-state index >= 15 is 0 Å². The van der Waals surface area contributed by atoms with Gasteiger partial charge in [-0.1, -0.05) is 11.6 Å². The van der Waals surface area contributed by atoms with Crippen molar-refractivity contribution < 1.29 is 14.3 Å². The lowest BCUT2D eigenvalue weighted by molar-refractivity contribution is -0.134. The average Bonchev–Trinajstić information content (AvgIpc) is 2.50. The van der Waals surface area contributed by atoms with Crippen LogP contribution in [0, 0.1) is 0 Å². The second kappa shape index (κ2) is 6.16. The molecule has 0 aromatic heterocycles. The summed E-state index contributed by atoms with van der Waals surface area (Å²) in [5.41, 5.74) is 0.571. The first-order valence-corrected chi connectivity index (χ1v) is 7.96. The van der Waals surface area contributed by atoms with Crippen molar-refractivity contribution in [2.45, 2.75) is 32.2 Å². The number of ether oxygens (including phenoxy) is 1. The van der Waals surface area contributed by atoms with Crippen LogP contribution in [0.3, 0.4) is 0 Å². The summed E-state index contributed by atoms with van der Waals surface area (Å²) in [6, 6.07) is 5.34. The van der Waals surface area contributed by atoms with Gasteiger partial charge >= 0.3 is 0 Å². The number of nitrogens with zero attached hydrogens (tertiary/aromatic N) is 2. The highest BCUT2D eigenvalue weighted by Crippen LogP contribution is 2.34. The van der Waals surface area contributed by atoms with Gasteiger partial charge in [0, 0.05) is 17.6 Å². The van der Waals surface area contributed by atoms with Crippen LogP contribution in [0.25, 0.3) is 0 Å². The molecule has 1 atom stereocenters. The average molecular weight is 323 g/mol. The molecule has 0 radical (unpaired) electrons. The predicted octanol–water partition coefficient (Wildman–Crippen LogP) is 2.47. The first-order chi connectivity index (χ1) is 10.6. The minimum absolute atomic E-state index is 0.0200. The van der Waals surface area contributed by atoms with Gasteiger partial charge in [-0.05, 0) is 44.4 Å². The smallest absolute Gasteiger partial charge is 0.265 e. The van der Waals surface area contributed by atoms with Gasteiger partial charge in [-0.2, -0.15) is 0 Å². The molecule has 1 aromatic carbocycles. The van der Waals surface area contributed by atoms with Crippen LogP contribution in [0.4, 0.5) is 5.69 Å². The predicted molar refractivity (Wildman–Crippen MR) is 84.3 cm³/mol. The van der Waals surface area contributed by atoms with Crippen LogP contribution < -0.4 is 9.64 Å². The number of fused-ring (bicyclic) bond motifs is 1. The lowest BCUT2D eigenvalue weighted by Gasteiger charge is -2.36. The van der Waals surface area contributed by atoms with Gasteiger partial charge in [-0.15, -0.1) is 0 Å². The third-order valence-electron chi connectivity index (χ3n) is 4.28. The fourth-order valence-corrected chi connectivity index (χ4v) is 3.21. The van der Waals surface area contributed by atoms with Crippen molar-refractivity contribution in [1.82, 2.24) is 4.90 Å². The highest BCUT2D eigenvalue weighted by molar-refractivity contribution is 6.31. The van der Waals surface area contributed by atoms with Gasteiger partial charge in [0.15, 0.2) is 6.61 Å². The number of benzene rings is 1. The van der Waals surface area contributed by atoms with E-state index in [0.717, 1.165) is 25.8 Å². The Morgan fingerprint density at radius 1 is 1.41 bits per heavy atom. The molecular weight excluding hydrogens is 304 g/mol. The molecule has 1 aromatic rings. The number of piperidine rings is 1. The maximum absolute atomic E-state index is 12.6. The Hall–Kier alpha value is -1.75. The molecule has 22 heavy (non-hydrogen) atoms. The molecule has 0 unspecified atom stereocenters. The summed E-state index contributed by atoms with van der Waals surface area (Å²) in [4.78, 5) is 28.1. The molecule has 2 aliphatic rings. The zero-order valence-electron chi connectivity index (χ0n) is 12.5. The monoisotopic (exact) mass is 322 g/mol. The zero-order valence-corrected chi connectivity index (χ0v) is 13.3. The molecule has 0 saturated carbocycles. The summed E-state index contributed by atoms with van der Waals surface area (Å²) in [5, 5.41) is 0.515. The number of rotatable bonds is 2. The van der Waals surface area contributed by atoms with E-state index in [1.807, 2.05) is 4.90 Å². The van der Waals surface area contributed by atoms with Crippen LogP contribution in [-0.2, 0) is 9.59 Å². The zero-order chi connectivity index (χ0) is 15.7. The van der Waals surface area contributed by atoms with Crippen molar-refractivity contribution in [3.05, 3.63) is 23.2 Å². The van der Waals surface area contributed by atoms with Gasteiger partial charge in [0.05, 0.1) is 5.69 Å². The van der Waals surface area contributed by atoms with E-state index in [-0.39, 0.29) is 31.0 Å². The Labute approximate surface area is 134 Å². The summed E-state index contributed by atoms with van der Waals surface area (Å²) in [7, 11) is 0. The van der Waals surface area contributed by atoms with Gasteiger partial charge in [0.1, 0.15) is 12.3 Å². The fraction of sp³-hybridized carbons (Fsp3) is 0.500. The molecule has 1 fully saturated rings. The minimum atomic E-state index is -0.215. The highest BCUT2D eigenvalue weighted by Gasteiger charge is 2.31. The van der Waals surface area contributed by atoms with E-state index in [1.165, 1.54) is 4.90 Å². The Morgan fingerprint density at radius 3 is 3.00 bits per heavy atom. The Kier molecular flexibility index (Phi) is 4.25. The Bertz CT molecular complexity index is 605. The van der Waals surface area contributed by atoms with Crippen molar-refractivity contribution in [1.29, 1.82) is 0 Å². The SMILES string of the molecule is C[C@H]1CCCCN1C(=O)CN1C(=O)COc2ccc(Cl)cc21. The van der Waals surface area contributed by atoms with Crippen LogP contribution in [0.15, 0.2) is 18.2 Å². The maximum Gasteiger partial charge on any atom is 0.265 e. The Morgan fingerprint density at radius 2 is 2.23 bits per heavy atom. The third-order valence-corrected chi connectivity index (χ3v) is 4.52. The Balaban J connectivity index is 1.81. The normalized spacial score (nSPS) is 21.4. The van der Waals surface area contributed by atoms with Gasteiger partial charge in [-0.25, -0.2) is 0 Å². The molecule has 6 heteroatoms. The van der Waals surface area contributed by atoms with E-state index in [2.05, 4.69) is 6.92 Å². The maximum atomic E-state index is 12.6. The van der Waals surface area contributed by atoms with E-state index in [0.29, 0.717) is 16.5 Å². The molecule has 3 rings (SSSR count). The van der Waals surface area contributed by atoms with Crippen LogP contribution in [0.2, 0.25) is 5.02 Å². The van der Waals surface area contributed by atoms with Crippen molar-refractivity contribution in [2.75, 3.05) is 24.6 Å². The van der Waals surface area contributed by atoms with Crippen LogP contribution in [0.5, 0.6) is 5.75 Å². The van der Waals surface area contributed by atoms with Crippen LogP contribution in [-0.4, -0.2) is 42.5 Å². The number of amides is 2. The standard InChI is InChI=1S/C16H19ClN2O3/c1-11-4-2-3-7-18(11)15(20)9-19-13-8-12(17)5-6-14(13)22-10-16(19)21/h5-6,8,11H,2-4,7,9-10H2,1H3/t11-/m0/s1. The van der Waals surface area contributed by atoms with E-state index in [1.54, 1.807) is 18.2 Å². The molecule has 2 aliphatic heterocycles. The van der Waals surface area contributed by atoms with Crippen molar-refractivity contribution >= 4 is 29.1 Å². The summed E-state index contributed by atoms with van der Waals surface area (Å²) in [5.74, 6) is 0.352.